The second kappa shape index (κ2) is 6.30. The number of rotatable bonds is 4. The molecule has 0 aliphatic carbocycles. The third-order valence-electron chi connectivity index (χ3n) is 2.82. The van der Waals surface area contributed by atoms with Gasteiger partial charge in [-0.25, -0.2) is 4.79 Å². The minimum Gasteiger partial charge on any atom is -0.465 e. The molecule has 20 heavy (non-hydrogen) atoms. The third kappa shape index (κ3) is 3.22. The molecule has 0 saturated carbocycles. The van der Waals surface area contributed by atoms with Gasteiger partial charge in [-0.1, -0.05) is 29.8 Å². The van der Waals surface area contributed by atoms with Crippen molar-refractivity contribution in [2.75, 3.05) is 7.11 Å². The van der Waals surface area contributed by atoms with Gasteiger partial charge >= 0.3 is 5.97 Å². The van der Waals surface area contributed by atoms with Crippen LogP contribution in [-0.2, 0) is 9.53 Å². The first-order valence-electron chi connectivity index (χ1n) is 6.05. The Hall–Kier alpha value is -2.20. The van der Waals surface area contributed by atoms with Gasteiger partial charge < -0.3 is 4.74 Å². The summed E-state index contributed by atoms with van der Waals surface area (Å²) in [6.45, 7) is 1.98. The van der Waals surface area contributed by atoms with Gasteiger partial charge in [-0.05, 0) is 30.0 Å². The number of ketones is 1. The molecule has 2 aromatic rings. The summed E-state index contributed by atoms with van der Waals surface area (Å²) in [6, 6.07) is 9.27. The molecule has 0 unspecified atom stereocenters. The molecule has 0 N–H and O–H groups in total. The summed E-state index contributed by atoms with van der Waals surface area (Å²) in [7, 11) is 1.27. The number of benzene rings is 1. The molecule has 1 aromatic heterocycles. The number of hydrogen-bond acceptors (Lipinski definition) is 4. The average molecular weight is 286 g/mol. The highest BCUT2D eigenvalue weighted by Crippen LogP contribution is 2.17. The SMILES string of the molecule is COC(=O)/C(=C\c1ccc(C)cc1)C(=O)c1ccsc1. The summed E-state index contributed by atoms with van der Waals surface area (Å²) < 4.78 is 4.70. The number of esters is 1. The lowest BCUT2D eigenvalue weighted by Gasteiger charge is -2.04. The first-order chi connectivity index (χ1) is 9.61. The van der Waals surface area contributed by atoms with Gasteiger partial charge in [0.05, 0.1) is 7.11 Å². The van der Waals surface area contributed by atoms with Crippen LogP contribution in [0.3, 0.4) is 0 Å². The van der Waals surface area contributed by atoms with E-state index in [1.807, 2.05) is 31.2 Å². The Kier molecular flexibility index (Phi) is 4.48. The Balaban J connectivity index is 2.40. The predicted molar refractivity (Wildman–Crippen MR) is 79.8 cm³/mol. The molecule has 1 aromatic carbocycles. The highest BCUT2D eigenvalue weighted by Gasteiger charge is 2.20. The van der Waals surface area contributed by atoms with E-state index in [4.69, 9.17) is 4.74 Å². The molecule has 2 rings (SSSR count). The Morgan fingerprint density at radius 1 is 1.15 bits per heavy atom. The Bertz CT molecular complexity index is 637. The molecule has 0 aliphatic heterocycles. The van der Waals surface area contributed by atoms with Crippen molar-refractivity contribution in [3.05, 3.63) is 63.4 Å². The van der Waals surface area contributed by atoms with E-state index in [2.05, 4.69) is 0 Å². The number of carbonyl (C=O) groups excluding carboxylic acids is 2. The zero-order chi connectivity index (χ0) is 14.5. The molecule has 0 spiro atoms. The minimum atomic E-state index is -0.623. The van der Waals surface area contributed by atoms with Crippen molar-refractivity contribution in [3.63, 3.8) is 0 Å². The van der Waals surface area contributed by atoms with Gasteiger partial charge in [-0.3, -0.25) is 4.79 Å². The highest BCUT2D eigenvalue weighted by atomic mass is 32.1. The molecule has 0 bridgehead atoms. The molecule has 0 atom stereocenters. The zero-order valence-corrected chi connectivity index (χ0v) is 12.1. The minimum absolute atomic E-state index is 0.0368. The number of hydrogen-bond donors (Lipinski definition) is 0. The van der Waals surface area contributed by atoms with E-state index in [9.17, 15) is 9.59 Å². The van der Waals surface area contributed by atoms with Crippen LogP contribution in [0.15, 0.2) is 46.7 Å². The fourth-order valence-electron chi connectivity index (χ4n) is 1.71. The number of Topliss-reactive ketones (excluding diaryl/α,β-unsaturated/α-hetero) is 1. The van der Waals surface area contributed by atoms with Gasteiger partial charge in [0, 0.05) is 10.9 Å². The van der Waals surface area contributed by atoms with Crippen molar-refractivity contribution in [2.45, 2.75) is 6.92 Å². The molecule has 1 heterocycles. The molecule has 0 radical (unpaired) electrons. The van der Waals surface area contributed by atoms with E-state index in [1.165, 1.54) is 18.4 Å². The fourth-order valence-corrected chi connectivity index (χ4v) is 2.34. The summed E-state index contributed by atoms with van der Waals surface area (Å²) >= 11 is 1.41. The van der Waals surface area contributed by atoms with Crippen molar-refractivity contribution < 1.29 is 14.3 Å². The van der Waals surface area contributed by atoms with Crippen molar-refractivity contribution in [3.8, 4) is 0 Å². The van der Waals surface area contributed by atoms with Gasteiger partial charge in [0.1, 0.15) is 5.57 Å². The first-order valence-corrected chi connectivity index (χ1v) is 6.99. The Labute approximate surface area is 121 Å². The van der Waals surface area contributed by atoms with Crippen LogP contribution in [0.4, 0.5) is 0 Å². The average Bonchev–Trinajstić information content (AvgIpc) is 2.99. The maximum Gasteiger partial charge on any atom is 0.341 e. The van der Waals surface area contributed by atoms with E-state index in [0.717, 1.165) is 11.1 Å². The maximum absolute atomic E-state index is 12.3. The topological polar surface area (TPSA) is 43.4 Å². The molecule has 0 fully saturated rings. The molecule has 0 saturated heterocycles. The van der Waals surface area contributed by atoms with Crippen LogP contribution in [-0.4, -0.2) is 18.9 Å². The number of ether oxygens (including phenoxy) is 1. The van der Waals surface area contributed by atoms with Crippen molar-refractivity contribution >= 4 is 29.2 Å². The van der Waals surface area contributed by atoms with Crippen LogP contribution in [0.25, 0.3) is 6.08 Å². The van der Waals surface area contributed by atoms with Gasteiger partial charge in [-0.15, -0.1) is 0 Å². The smallest absolute Gasteiger partial charge is 0.341 e. The van der Waals surface area contributed by atoms with Crippen LogP contribution >= 0.6 is 11.3 Å². The van der Waals surface area contributed by atoms with Gasteiger partial charge in [-0.2, -0.15) is 11.3 Å². The Morgan fingerprint density at radius 3 is 2.40 bits per heavy atom. The van der Waals surface area contributed by atoms with Gasteiger partial charge in [0.15, 0.2) is 0 Å². The summed E-state index contributed by atoms with van der Waals surface area (Å²) in [4.78, 5) is 24.1. The van der Waals surface area contributed by atoms with Gasteiger partial charge in [0.25, 0.3) is 0 Å². The summed E-state index contributed by atoms with van der Waals surface area (Å²) in [5.41, 5.74) is 2.44. The standard InChI is InChI=1S/C16H14O3S/c1-11-3-5-12(6-4-11)9-14(16(18)19-2)15(17)13-7-8-20-10-13/h3-10H,1-2H3/b14-9-. The third-order valence-corrected chi connectivity index (χ3v) is 3.50. The lowest BCUT2D eigenvalue weighted by atomic mass is 10.0. The van der Waals surface area contributed by atoms with Crippen molar-refractivity contribution in [2.24, 2.45) is 0 Å². The monoisotopic (exact) mass is 286 g/mol. The molecule has 3 nitrogen and oxygen atoms in total. The van der Waals surface area contributed by atoms with Gasteiger partial charge in [0.2, 0.25) is 5.78 Å². The van der Waals surface area contributed by atoms with Crippen LogP contribution in [0.2, 0.25) is 0 Å². The van der Waals surface area contributed by atoms with E-state index in [0.29, 0.717) is 5.56 Å². The van der Waals surface area contributed by atoms with Crippen molar-refractivity contribution in [1.29, 1.82) is 0 Å². The van der Waals surface area contributed by atoms with E-state index in [-0.39, 0.29) is 11.4 Å². The number of aryl methyl sites for hydroxylation is 1. The normalized spacial score (nSPS) is 11.2. The molecule has 0 aliphatic rings. The van der Waals surface area contributed by atoms with E-state index >= 15 is 0 Å². The summed E-state index contributed by atoms with van der Waals surface area (Å²) in [5, 5.41) is 3.52. The van der Waals surface area contributed by atoms with E-state index < -0.39 is 5.97 Å². The first kappa shape index (κ1) is 14.2. The number of carbonyl (C=O) groups is 2. The highest BCUT2D eigenvalue weighted by molar-refractivity contribution is 7.08. The molecular weight excluding hydrogens is 272 g/mol. The fraction of sp³-hybridized carbons (Fsp3) is 0.125. The maximum atomic E-state index is 12.3. The zero-order valence-electron chi connectivity index (χ0n) is 11.3. The lowest BCUT2D eigenvalue weighted by molar-refractivity contribution is -0.135. The second-order valence-electron chi connectivity index (χ2n) is 4.30. The number of methoxy groups -OCH3 is 1. The lowest BCUT2D eigenvalue weighted by Crippen LogP contribution is -2.14. The predicted octanol–water partition coefficient (Wildman–Crippen LogP) is 3.50. The largest absolute Gasteiger partial charge is 0.465 e. The Morgan fingerprint density at radius 2 is 1.85 bits per heavy atom. The number of thiophene rings is 1. The molecule has 0 amide bonds. The van der Waals surface area contributed by atoms with E-state index in [1.54, 1.807) is 22.9 Å². The molecular formula is C16H14O3S. The van der Waals surface area contributed by atoms with Crippen LogP contribution in [0.5, 0.6) is 0 Å². The molecule has 102 valence electrons. The van der Waals surface area contributed by atoms with Crippen LogP contribution < -0.4 is 0 Å². The van der Waals surface area contributed by atoms with Crippen LogP contribution in [0, 0.1) is 6.92 Å². The molecule has 4 heteroatoms. The summed E-state index contributed by atoms with van der Waals surface area (Å²) in [5.74, 6) is -0.944. The van der Waals surface area contributed by atoms with Crippen molar-refractivity contribution in [1.82, 2.24) is 0 Å². The quantitative estimate of drug-likeness (QED) is 0.284. The van der Waals surface area contributed by atoms with Crippen LogP contribution in [0.1, 0.15) is 21.5 Å². The second-order valence-corrected chi connectivity index (χ2v) is 5.08. The summed E-state index contributed by atoms with van der Waals surface area (Å²) in [6.07, 6.45) is 1.56.